The Morgan fingerprint density at radius 2 is 1.71 bits per heavy atom. The molecule has 0 aromatic heterocycles. The summed E-state index contributed by atoms with van der Waals surface area (Å²) in [6, 6.07) is 12.8. The molecule has 8 nitrogen and oxygen atoms in total. The molecule has 0 unspecified atom stereocenters. The fraction of sp³-hybridized carbons (Fsp3) is 0.278. The summed E-state index contributed by atoms with van der Waals surface area (Å²) in [6.45, 7) is 2.58. The van der Waals surface area contributed by atoms with Crippen LogP contribution in [0.25, 0.3) is 0 Å². The number of carbonyl (C=O) groups excluding carboxylic acids is 1. The van der Waals surface area contributed by atoms with Gasteiger partial charge in [-0.1, -0.05) is 6.07 Å². The molecule has 0 heterocycles. The minimum atomic E-state index is -3.67. The molecule has 0 bridgehead atoms. The van der Waals surface area contributed by atoms with E-state index in [-0.39, 0.29) is 37.0 Å². The number of benzene rings is 2. The monoisotopic (exact) mass is 429 g/mol. The highest BCUT2D eigenvalue weighted by atomic mass is 35.5. The first-order chi connectivity index (χ1) is 12.9. The van der Waals surface area contributed by atoms with E-state index in [9.17, 15) is 13.2 Å². The standard InChI is InChI=1S/C18H23N3O5S.ClH/c1-2-25-15-6-8-16(9-7-15)26-13-18(22)21-14-4-3-5-17(12-14)27(23,24)20-11-10-19;/h3-9,12,20H,2,10-11,13,19H2,1H3,(H,21,22);1H. The zero-order valence-electron chi connectivity index (χ0n) is 15.4. The third-order valence-electron chi connectivity index (χ3n) is 3.37. The first-order valence-electron chi connectivity index (χ1n) is 8.40. The number of anilines is 1. The fourth-order valence-electron chi connectivity index (χ4n) is 2.16. The Hall–Kier alpha value is -2.33. The Kier molecular flexibility index (Phi) is 9.74. The van der Waals surface area contributed by atoms with E-state index in [0.717, 1.165) is 5.75 Å². The summed E-state index contributed by atoms with van der Waals surface area (Å²) in [6.07, 6.45) is 0. The summed E-state index contributed by atoms with van der Waals surface area (Å²) in [5.41, 5.74) is 5.66. The van der Waals surface area contributed by atoms with Gasteiger partial charge in [0.1, 0.15) is 11.5 Å². The van der Waals surface area contributed by atoms with Crippen molar-refractivity contribution in [2.24, 2.45) is 5.73 Å². The minimum Gasteiger partial charge on any atom is -0.494 e. The molecule has 2 aromatic carbocycles. The van der Waals surface area contributed by atoms with Crippen molar-refractivity contribution in [1.82, 2.24) is 4.72 Å². The second-order valence-corrected chi connectivity index (χ2v) is 7.22. The second-order valence-electron chi connectivity index (χ2n) is 5.46. The van der Waals surface area contributed by atoms with Crippen LogP contribution in [0.15, 0.2) is 53.4 Å². The number of sulfonamides is 1. The topological polar surface area (TPSA) is 120 Å². The maximum Gasteiger partial charge on any atom is 0.262 e. The van der Waals surface area contributed by atoms with Gasteiger partial charge in [0, 0.05) is 18.8 Å². The van der Waals surface area contributed by atoms with Gasteiger partial charge in [-0.05, 0) is 49.4 Å². The van der Waals surface area contributed by atoms with E-state index < -0.39 is 15.9 Å². The van der Waals surface area contributed by atoms with Gasteiger partial charge in [-0.25, -0.2) is 13.1 Å². The normalized spacial score (nSPS) is 10.6. The Labute approximate surface area is 170 Å². The molecule has 0 saturated carbocycles. The number of rotatable bonds is 10. The molecule has 0 saturated heterocycles. The lowest BCUT2D eigenvalue weighted by molar-refractivity contribution is -0.118. The maximum atomic E-state index is 12.1. The van der Waals surface area contributed by atoms with Crippen molar-refractivity contribution in [3.8, 4) is 11.5 Å². The van der Waals surface area contributed by atoms with Crippen molar-refractivity contribution in [2.45, 2.75) is 11.8 Å². The van der Waals surface area contributed by atoms with Crippen LogP contribution < -0.4 is 25.2 Å². The van der Waals surface area contributed by atoms with E-state index in [4.69, 9.17) is 15.2 Å². The molecule has 28 heavy (non-hydrogen) atoms. The number of ether oxygens (including phenoxy) is 2. The van der Waals surface area contributed by atoms with Crippen LogP contribution in [0.1, 0.15) is 6.92 Å². The van der Waals surface area contributed by atoms with Crippen LogP contribution in [0.2, 0.25) is 0 Å². The number of nitrogens with two attached hydrogens (primary N) is 1. The van der Waals surface area contributed by atoms with E-state index in [1.807, 2.05) is 6.92 Å². The van der Waals surface area contributed by atoms with E-state index in [0.29, 0.717) is 18.0 Å². The Bertz CT molecular complexity index is 860. The van der Waals surface area contributed by atoms with Gasteiger partial charge >= 0.3 is 0 Å². The molecule has 2 rings (SSSR count). The number of hydrogen-bond donors (Lipinski definition) is 3. The molecule has 4 N–H and O–H groups in total. The molecular formula is C18H24ClN3O5S. The van der Waals surface area contributed by atoms with Crippen molar-refractivity contribution in [2.75, 3.05) is 31.6 Å². The highest BCUT2D eigenvalue weighted by Gasteiger charge is 2.14. The molecule has 0 fully saturated rings. The third-order valence-corrected chi connectivity index (χ3v) is 4.83. The van der Waals surface area contributed by atoms with Gasteiger partial charge in [-0.2, -0.15) is 0 Å². The Morgan fingerprint density at radius 1 is 1.07 bits per heavy atom. The van der Waals surface area contributed by atoms with Gasteiger partial charge < -0.3 is 20.5 Å². The van der Waals surface area contributed by atoms with E-state index in [2.05, 4.69) is 10.0 Å². The van der Waals surface area contributed by atoms with Crippen molar-refractivity contribution < 1.29 is 22.7 Å². The largest absolute Gasteiger partial charge is 0.494 e. The molecule has 1 amide bonds. The number of amides is 1. The Morgan fingerprint density at radius 3 is 2.32 bits per heavy atom. The second kappa shape index (κ2) is 11.5. The molecule has 10 heteroatoms. The predicted molar refractivity (Wildman–Crippen MR) is 110 cm³/mol. The number of halogens is 1. The molecule has 154 valence electrons. The number of nitrogens with one attached hydrogen (secondary N) is 2. The average Bonchev–Trinajstić information content (AvgIpc) is 2.66. The zero-order chi connectivity index (χ0) is 19.7. The predicted octanol–water partition coefficient (Wildman–Crippen LogP) is 1.76. The average molecular weight is 430 g/mol. The van der Waals surface area contributed by atoms with Crippen LogP contribution in [0.4, 0.5) is 5.69 Å². The molecule has 0 radical (unpaired) electrons. The highest BCUT2D eigenvalue weighted by Crippen LogP contribution is 2.18. The summed E-state index contributed by atoms with van der Waals surface area (Å²) >= 11 is 0. The molecule has 0 spiro atoms. The molecule has 0 atom stereocenters. The van der Waals surface area contributed by atoms with Crippen molar-refractivity contribution in [3.05, 3.63) is 48.5 Å². The lowest BCUT2D eigenvalue weighted by Gasteiger charge is -2.10. The number of hydrogen-bond acceptors (Lipinski definition) is 6. The maximum absolute atomic E-state index is 12.1. The van der Waals surface area contributed by atoms with Crippen LogP contribution in [0, 0.1) is 0 Å². The van der Waals surface area contributed by atoms with E-state index in [1.165, 1.54) is 12.1 Å². The van der Waals surface area contributed by atoms with Gasteiger partial charge in [0.15, 0.2) is 6.61 Å². The van der Waals surface area contributed by atoms with Crippen molar-refractivity contribution in [3.63, 3.8) is 0 Å². The molecule has 0 aliphatic carbocycles. The van der Waals surface area contributed by atoms with Gasteiger partial charge in [0.05, 0.1) is 11.5 Å². The van der Waals surface area contributed by atoms with Crippen LogP contribution in [0.5, 0.6) is 11.5 Å². The van der Waals surface area contributed by atoms with Gasteiger partial charge in [0.25, 0.3) is 5.91 Å². The molecule has 0 aliphatic rings. The van der Waals surface area contributed by atoms with Gasteiger partial charge in [-0.15, -0.1) is 12.4 Å². The van der Waals surface area contributed by atoms with Gasteiger partial charge in [0.2, 0.25) is 10.0 Å². The SMILES string of the molecule is CCOc1ccc(OCC(=O)Nc2cccc(S(=O)(=O)NCCN)c2)cc1.Cl. The number of carbonyl (C=O) groups is 1. The molecular weight excluding hydrogens is 406 g/mol. The quantitative estimate of drug-likeness (QED) is 0.529. The summed E-state index contributed by atoms with van der Waals surface area (Å²) < 4.78 is 37.3. The molecule has 2 aromatic rings. The van der Waals surface area contributed by atoms with Crippen LogP contribution in [0.3, 0.4) is 0 Å². The lowest BCUT2D eigenvalue weighted by atomic mass is 10.3. The zero-order valence-corrected chi connectivity index (χ0v) is 17.0. The van der Waals surface area contributed by atoms with E-state index >= 15 is 0 Å². The lowest BCUT2D eigenvalue weighted by Crippen LogP contribution is -2.29. The van der Waals surface area contributed by atoms with Crippen molar-refractivity contribution in [1.29, 1.82) is 0 Å². The van der Waals surface area contributed by atoms with Crippen LogP contribution in [-0.4, -0.2) is 40.6 Å². The highest BCUT2D eigenvalue weighted by molar-refractivity contribution is 7.89. The summed E-state index contributed by atoms with van der Waals surface area (Å²) in [7, 11) is -3.67. The first-order valence-corrected chi connectivity index (χ1v) is 9.88. The van der Waals surface area contributed by atoms with Crippen LogP contribution in [-0.2, 0) is 14.8 Å². The minimum absolute atomic E-state index is 0. The summed E-state index contributed by atoms with van der Waals surface area (Å²) in [5.74, 6) is 0.833. The summed E-state index contributed by atoms with van der Waals surface area (Å²) in [5, 5.41) is 2.61. The third kappa shape index (κ3) is 7.35. The van der Waals surface area contributed by atoms with Crippen LogP contribution >= 0.6 is 12.4 Å². The summed E-state index contributed by atoms with van der Waals surface area (Å²) in [4.78, 5) is 12.1. The molecule has 0 aliphatic heterocycles. The first kappa shape index (κ1) is 23.7. The Balaban J connectivity index is 0.00000392. The van der Waals surface area contributed by atoms with E-state index in [1.54, 1.807) is 36.4 Å². The smallest absolute Gasteiger partial charge is 0.262 e. The fourth-order valence-corrected chi connectivity index (χ4v) is 3.26. The van der Waals surface area contributed by atoms with Crippen molar-refractivity contribution >= 4 is 34.0 Å². The van der Waals surface area contributed by atoms with Gasteiger partial charge in [-0.3, -0.25) is 4.79 Å².